The topological polar surface area (TPSA) is 241 Å². The molecule has 0 heterocycles. The van der Waals surface area contributed by atoms with Gasteiger partial charge < -0.3 is 40.5 Å². The Balaban J connectivity index is 1.22. The molecule has 0 radical (unpaired) electrons. The van der Waals surface area contributed by atoms with E-state index in [0.717, 1.165) is 74.3 Å². The molecule has 0 saturated carbocycles. The number of nitrogens with one attached hydrogen (secondary N) is 2. The van der Waals surface area contributed by atoms with Gasteiger partial charge in [-0.2, -0.15) is 0 Å². The third kappa shape index (κ3) is 31.1. The summed E-state index contributed by atoms with van der Waals surface area (Å²) in [6.45, 7) is 7.86. The second kappa shape index (κ2) is 47.0. The number of hydrogen-bond acceptors (Lipinski definition) is 14. The summed E-state index contributed by atoms with van der Waals surface area (Å²) in [5, 5.41) is 60.9. The van der Waals surface area contributed by atoms with Gasteiger partial charge in [0.25, 0.3) is 11.8 Å². The van der Waals surface area contributed by atoms with Crippen LogP contribution in [-0.2, 0) is 31.9 Å². The first-order valence-corrected chi connectivity index (χ1v) is 34.1. The van der Waals surface area contributed by atoms with Crippen LogP contribution in [0.2, 0.25) is 0 Å². The van der Waals surface area contributed by atoms with Gasteiger partial charge in [0.15, 0.2) is 11.4 Å². The molecule has 2 atom stereocenters. The number of ether oxygens (including phenoxy) is 2. The van der Waals surface area contributed by atoms with Crippen molar-refractivity contribution in [2.45, 2.75) is 233 Å². The SMILES string of the molecule is CCCCCCCCCC(CCCCCCCCOC(=O)c1ccccc1N=NC(C(=O)Nc1ccc(CCO)cc1)=C(C)O)C(CCCCCCCCC)CCCCCCCCOC(=O)c1ccccc1N=NC(C(=O)Nc1ccc(CCO)cc1)=C(C)O. The predicted octanol–water partition coefficient (Wildman–Crippen LogP) is 19.8. The normalized spacial score (nSPS) is 12.8. The van der Waals surface area contributed by atoms with Gasteiger partial charge in [0.1, 0.15) is 22.9 Å². The van der Waals surface area contributed by atoms with Crippen molar-refractivity contribution >= 4 is 46.5 Å². The first-order chi connectivity index (χ1) is 43.9. The molecule has 0 bridgehead atoms. The number of hydrogen-bond donors (Lipinski definition) is 6. The van der Waals surface area contributed by atoms with E-state index in [-0.39, 0.29) is 71.8 Å². The molecule has 6 N–H and O–H groups in total. The van der Waals surface area contributed by atoms with Crippen LogP contribution in [0.25, 0.3) is 0 Å². The molecule has 0 aromatic heterocycles. The number of allylic oxidation sites excluding steroid dienone is 2. The molecule has 0 spiro atoms. The molecule has 0 aliphatic carbocycles. The number of nitrogens with zero attached hydrogens (tertiary/aromatic N) is 4. The maximum atomic E-state index is 13.3. The minimum Gasteiger partial charge on any atom is -0.510 e. The Bertz CT molecular complexity index is 2600. The van der Waals surface area contributed by atoms with Crippen molar-refractivity contribution in [2.75, 3.05) is 37.1 Å². The number of unbranched alkanes of at least 4 members (excludes halogenated alkanes) is 22. The Hall–Kier alpha value is -7.04. The molecular weight excluding hydrogens is 1130 g/mol. The third-order valence-electron chi connectivity index (χ3n) is 16.5. The van der Waals surface area contributed by atoms with E-state index in [2.05, 4.69) is 44.9 Å². The van der Waals surface area contributed by atoms with E-state index >= 15 is 0 Å². The Morgan fingerprint density at radius 2 is 0.711 bits per heavy atom. The zero-order chi connectivity index (χ0) is 64.8. The highest BCUT2D eigenvalue weighted by Gasteiger charge is 2.22. The highest BCUT2D eigenvalue weighted by atomic mass is 16.5. The average molecular weight is 1240 g/mol. The van der Waals surface area contributed by atoms with E-state index < -0.39 is 23.8 Å². The van der Waals surface area contributed by atoms with Gasteiger partial charge in [-0.3, -0.25) is 9.59 Å². The first kappa shape index (κ1) is 75.4. The van der Waals surface area contributed by atoms with E-state index in [0.29, 0.717) is 24.2 Å². The Kier molecular flexibility index (Phi) is 39.3. The smallest absolute Gasteiger partial charge is 0.340 e. The van der Waals surface area contributed by atoms with Gasteiger partial charge in [-0.15, -0.1) is 20.5 Å². The summed E-state index contributed by atoms with van der Waals surface area (Å²) >= 11 is 0. The van der Waals surface area contributed by atoms with Gasteiger partial charge in [-0.05, 0) is 111 Å². The summed E-state index contributed by atoms with van der Waals surface area (Å²) in [6.07, 6.45) is 37.6. The van der Waals surface area contributed by atoms with E-state index in [4.69, 9.17) is 9.47 Å². The van der Waals surface area contributed by atoms with Gasteiger partial charge in [0.2, 0.25) is 0 Å². The minimum atomic E-state index is -0.660. The number of azo groups is 2. The zero-order valence-corrected chi connectivity index (χ0v) is 54.9. The molecule has 2 unspecified atom stereocenters. The molecular formula is C74H108N6O10. The van der Waals surface area contributed by atoms with Crippen LogP contribution in [0.4, 0.5) is 22.7 Å². The molecule has 0 aliphatic heterocycles. The molecule has 4 aromatic rings. The molecule has 0 fully saturated rings. The lowest BCUT2D eigenvalue weighted by Gasteiger charge is -2.28. The molecule has 0 saturated heterocycles. The van der Waals surface area contributed by atoms with Crippen molar-refractivity contribution in [1.29, 1.82) is 0 Å². The van der Waals surface area contributed by atoms with Crippen molar-refractivity contribution in [2.24, 2.45) is 32.3 Å². The number of aliphatic hydroxyl groups is 4. The van der Waals surface area contributed by atoms with Gasteiger partial charge >= 0.3 is 11.9 Å². The van der Waals surface area contributed by atoms with Crippen LogP contribution < -0.4 is 10.6 Å². The van der Waals surface area contributed by atoms with Crippen molar-refractivity contribution in [3.63, 3.8) is 0 Å². The number of carbonyl (C=O) groups is 4. The minimum absolute atomic E-state index is 0.0194. The van der Waals surface area contributed by atoms with Crippen molar-refractivity contribution < 1.29 is 49.1 Å². The number of benzene rings is 4. The number of rotatable bonds is 49. The fourth-order valence-electron chi connectivity index (χ4n) is 11.3. The summed E-state index contributed by atoms with van der Waals surface area (Å²) in [6, 6.07) is 27.3. The fourth-order valence-corrected chi connectivity index (χ4v) is 11.3. The Labute approximate surface area is 538 Å². The fraction of sp³-hybridized carbons (Fsp3) is 0.568. The van der Waals surface area contributed by atoms with Gasteiger partial charge in [0.05, 0.1) is 24.3 Å². The molecule has 494 valence electrons. The molecule has 2 amide bonds. The largest absolute Gasteiger partial charge is 0.510 e. The second-order valence-electron chi connectivity index (χ2n) is 24.0. The quantitative estimate of drug-likeness (QED) is 0.00803. The molecule has 4 aromatic carbocycles. The van der Waals surface area contributed by atoms with Crippen LogP contribution in [0.5, 0.6) is 0 Å². The number of aliphatic hydroxyl groups excluding tert-OH is 4. The van der Waals surface area contributed by atoms with Crippen molar-refractivity contribution in [3.8, 4) is 0 Å². The maximum absolute atomic E-state index is 13.3. The van der Waals surface area contributed by atoms with Crippen LogP contribution in [0.3, 0.4) is 0 Å². The maximum Gasteiger partial charge on any atom is 0.340 e. The molecule has 16 heteroatoms. The molecule has 4 rings (SSSR count). The van der Waals surface area contributed by atoms with Gasteiger partial charge in [0, 0.05) is 24.6 Å². The average Bonchev–Trinajstić information content (AvgIpc) is 1.85. The summed E-state index contributed by atoms with van der Waals surface area (Å²) in [5.41, 5.74) is 3.12. The predicted molar refractivity (Wildman–Crippen MR) is 362 cm³/mol. The molecule has 16 nitrogen and oxygen atoms in total. The molecule has 90 heavy (non-hydrogen) atoms. The summed E-state index contributed by atoms with van der Waals surface area (Å²) in [4.78, 5) is 52.7. The van der Waals surface area contributed by atoms with Crippen LogP contribution in [0.1, 0.15) is 252 Å². The van der Waals surface area contributed by atoms with Crippen LogP contribution in [0, 0.1) is 11.8 Å². The van der Waals surface area contributed by atoms with Crippen LogP contribution in [-0.4, -0.2) is 70.6 Å². The van der Waals surface area contributed by atoms with Crippen molar-refractivity contribution in [1.82, 2.24) is 0 Å². The Morgan fingerprint density at radius 3 is 1.02 bits per heavy atom. The second-order valence-corrected chi connectivity index (χ2v) is 24.0. The number of carbonyl (C=O) groups excluding carboxylic acids is 4. The lowest BCUT2D eigenvalue weighted by Crippen LogP contribution is -2.16. The van der Waals surface area contributed by atoms with Gasteiger partial charge in [-0.25, -0.2) is 9.59 Å². The standard InChI is InChI=1S/C74H108N6O10/c1-5-7-9-11-13-19-25-35-61(37-27-21-15-17-23-33-55-89-73(87)65-39-29-31-41-67(65)77-79-69(57(3)83)71(85)75-63-47-43-59(44-48-63)51-53-81)62(36-26-20-14-12-10-8-6-2)38-28-22-16-18-24-34-56-90-74(88)66-40-30-32-42-68(66)78-80-70(58(4)84)72(86)76-64-49-45-60(46-50-64)52-54-82/h29-32,39-50,61-62,81-84H,5-28,33-38,51-56H2,1-4H3,(H,75,85)(H,76,86). The molecule has 0 aliphatic rings. The van der Waals surface area contributed by atoms with Gasteiger partial charge in [-0.1, -0.05) is 242 Å². The van der Waals surface area contributed by atoms with E-state index in [1.807, 2.05) is 0 Å². The lowest BCUT2D eigenvalue weighted by atomic mass is 9.78. The third-order valence-corrected chi connectivity index (χ3v) is 16.5. The van der Waals surface area contributed by atoms with E-state index in [9.17, 15) is 39.6 Å². The highest BCUT2D eigenvalue weighted by molar-refractivity contribution is 6.04. The van der Waals surface area contributed by atoms with Crippen LogP contribution in [0.15, 0.2) is 140 Å². The first-order valence-electron chi connectivity index (χ1n) is 34.1. The monoisotopic (exact) mass is 1240 g/mol. The summed E-state index contributed by atoms with van der Waals surface area (Å²) in [7, 11) is 0. The summed E-state index contributed by atoms with van der Waals surface area (Å²) < 4.78 is 11.4. The van der Waals surface area contributed by atoms with E-state index in [1.165, 1.54) is 155 Å². The number of esters is 2. The lowest BCUT2D eigenvalue weighted by molar-refractivity contribution is -0.113. The Morgan fingerprint density at radius 1 is 0.411 bits per heavy atom. The number of anilines is 2. The highest BCUT2D eigenvalue weighted by Crippen LogP contribution is 2.34. The van der Waals surface area contributed by atoms with Crippen molar-refractivity contribution in [3.05, 3.63) is 142 Å². The van der Waals surface area contributed by atoms with E-state index in [1.54, 1.807) is 97.1 Å². The summed E-state index contributed by atoms with van der Waals surface area (Å²) in [5.74, 6) is -1.51. The number of amides is 2. The zero-order valence-electron chi connectivity index (χ0n) is 54.9. The van der Waals surface area contributed by atoms with Crippen LogP contribution >= 0.6 is 0 Å².